The predicted molar refractivity (Wildman–Crippen MR) is 91.3 cm³/mol. The summed E-state index contributed by atoms with van der Waals surface area (Å²) in [5, 5.41) is 16.0. The molecular formula is C16H14N4OS. The molecule has 0 atom stereocenters. The minimum atomic E-state index is 0.248. The largest absolute Gasteiger partial charge is 0.508 e. The summed E-state index contributed by atoms with van der Waals surface area (Å²) < 4.78 is 0. The van der Waals surface area contributed by atoms with E-state index in [-0.39, 0.29) is 5.75 Å². The number of hydrogen-bond acceptors (Lipinski definition) is 6. The van der Waals surface area contributed by atoms with Gasteiger partial charge in [-0.2, -0.15) is 5.10 Å². The van der Waals surface area contributed by atoms with Crippen LogP contribution in [0.3, 0.4) is 0 Å². The van der Waals surface area contributed by atoms with Gasteiger partial charge in [-0.05, 0) is 23.3 Å². The average Bonchev–Trinajstić information content (AvgIpc) is 2.94. The molecule has 0 aliphatic heterocycles. The van der Waals surface area contributed by atoms with E-state index in [1.807, 2.05) is 36.4 Å². The third-order valence-electron chi connectivity index (χ3n) is 3.02. The highest BCUT2D eigenvalue weighted by Gasteiger charge is 2.03. The van der Waals surface area contributed by atoms with Crippen LogP contribution in [-0.2, 0) is 0 Å². The first-order chi connectivity index (χ1) is 10.7. The minimum Gasteiger partial charge on any atom is -0.508 e. The predicted octanol–water partition coefficient (Wildman–Crippen LogP) is 3.54. The summed E-state index contributed by atoms with van der Waals surface area (Å²) >= 11 is 1.40. The van der Waals surface area contributed by atoms with E-state index in [9.17, 15) is 5.11 Å². The van der Waals surface area contributed by atoms with Crippen LogP contribution in [-0.4, -0.2) is 16.3 Å². The molecule has 0 aliphatic rings. The van der Waals surface area contributed by atoms with Gasteiger partial charge in [-0.15, -0.1) is 11.3 Å². The van der Waals surface area contributed by atoms with Crippen molar-refractivity contribution in [3.05, 3.63) is 59.5 Å². The lowest BCUT2D eigenvalue weighted by molar-refractivity contribution is 0.475. The van der Waals surface area contributed by atoms with Crippen LogP contribution in [0.2, 0.25) is 0 Å². The number of hydrazone groups is 1. The molecule has 1 aromatic heterocycles. The van der Waals surface area contributed by atoms with Crippen LogP contribution >= 0.6 is 11.3 Å². The van der Waals surface area contributed by atoms with Crippen LogP contribution in [0.5, 0.6) is 5.75 Å². The third-order valence-corrected chi connectivity index (χ3v) is 3.79. The number of aromatic nitrogens is 1. The van der Waals surface area contributed by atoms with E-state index in [0.29, 0.717) is 10.9 Å². The van der Waals surface area contributed by atoms with Crippen LogP contribution in [0.15, 0.2) is 59.0 Å². The first-order valence-corrected chi connectivity index (χ1v) is 7.49. The number of phenolic OH excluding ortho intramolecular Hbond substituents is 1. The zero-order chi connectivity index (χ0) is 15.4. The first kappa shape index (κ1) is 14.1. The highest BCUT2D eigenvalue weighted by atomic mass is 32.1. The topological polar surface area (TPSA) is 83.5 Å². The number of hydrogen-bond donors (Lipinski definition) is 3. The molecule has 110 valence electrons. The van der Waals surface area contributed by atoms with Crippen LogP contribution in [0.4, 0.5) is 10.9 Å². The molecule has 0 unspecified atom stereocenters. The van der Waals surface area contributed by atoms with Crippen molar-refractivity contribution in [1.29, 1.82) is 0 Å². The molecule has 0 fully saturated rings. The van der Waals surface area contributed by atoms with Crippen molar-refractivity contribution < 1.29 is 5.11 Å². The van der Waals surface area contributed by atoms with Crippen molar-refractivity contribution in [2.75, 3.05) is 11.2 Å². The Balaban J connectivity index is 1.83. The Morgan fingerprint density at radius 1 is 1.14 bits per heavy atom. The van der Waals surface area contributed by atoms with E-state index in [0.717, 1.165) is 16.7 Å². The normalized spacial score (nSPS) is 10.9. The standard InChI is InChI=1S/C16H14N4OS/c17-15-10-22-16(19-15)20-18-9-12-3-1-2-4-14(12)11-5-7-13(21)8-6-11/h1-10,21H,17H2,(H,19,20). The molecule has 1 heterocycles. The second kappa shape index (κ2) is 6.28. The number of rotatable bonds is 4. The van der Waals surface area contributed by atoms with Gasteiger partial charge in [0.1, 0.15) is 11.6 Å². The van der Waals surface area contributed by atoms with Gasteiger partial charge in [0.2, 0.25) is 5.13 Å². The Hall–Kier alpha value is -2.86. The Bertz CT molecular complexity index is 796. The molecule has 6 heteroatoms. The van der Waals surface area contributed by atoms with Crippen molar-refractivity contribution in [2.45, 2.75) is 0 Å². The first-order valence-electron chi connectivity index (χ1n) is 6.61. The molecule has 0 amide bonds. The monoisotopic (exact) mass is 310 g/mol. The molecule has 0 radical (unpaired) electrons. The summed E-state index contributed by atoms with van der Waals surface area (Å²) in [5.74, 6) is 0.727. The van der Waals surface area contributed by atoms with Gasteiger partial charge in [0, 0.05) is 10.9 Å². The lowest BCUT2D eigenvalue weighted by Crippen LogP contribution is -1.93. The van der Waals surface area contributed by atoms with Gasteiger partial charge < -0.3 is 10.8 Å². The van der Waals surface area contributed by atoms with Gasteiger partial charge in [-0.25, -0.2) is 4.98 Å². The fourth-order valence-electron chi connectivity index (χ4n) is 2.01. The van der Waals surface area contributed by atoms with E-state index in [2.05, 4.69) is 15.5 Å². The minimum absolute atomic E-state index is 0.248. The van der Waals surface area contributed by atoms with Crippen LogP contribution < -0.4 is 11.2 Å². The van der Waals surface area contributed by atoms with Crippen molar-refractivity contribution in [3.8, 4) is 16.9 Å². The van der Waals surface area contributed by atoms with Crippen LogP contribution in [0.25, 0.3) is 11.1 Å². The van der Waals surface area contributed by atoms with E-state index in [1.54, 1.807) is 23.7 Å². The molecule has 4 N–H and O–H groups in total. The second-order valence-corrected chi connectivity index (χ2v) is 5.44. The smallest absolute Gasteiger partial charge is 0.205 e. The average molecular weight is 310 g/mol. The van der Waals surface area contributed by atoms with Gasteiger partial charge >= 0.3 is 0 Å². The number of anilines is 2. The lowest BCUT2D eigenvalue weighted by atomic mass is 10.0. The van der Waals surface area contributed by atoms with Gasteiger partial charge in [-0.3, -0.25) is 5.43 Å². The molecule has 0 saturated heterocycles. The van der Waals surface area contributed by atoms with Gasteiger partial charge in [0.15, 0.2) is 0 Å². The second-order valence-electron chi connectivity index (χ2n) is 4.58. The fourth-order valence-corrected chi connectivity index (χ4v) is 2.56. The molecule has 3 rings (SSSR count). The highest BCUT2D eigenvalue weighted by molar-refractivity contribution is 7.14. The number of nitrogens with one attached hydrogen (secondary N) is 1. The zero-order valence-electron chi connectivity index (χ0n) is 11.6. The van der Waals surface area contributed by atoms with Crippen molar-refractivity contribution in [2.24, 2.45) is 5.10 Å². The molecule has 0 aliphatic carbocycles. The zero-order valence-corrected chi connectivity index (χ0v) is 12.4. The quantitative estimate of drug-likeness (QED) is 0.508. The molecule has 3 aromatic rings. The van der Waals surface area contributed by atoms with Crippen LogP contribution in [0.1, 0.15) is 5.56 Å². The summed E-state index contributed by atoms with van der Waals surface area (Å²) in [7, 11) is 0. The summed E-state index contributed by atoms with van der Waals surface area (Å²) in [5.41, 5.74) is 11.4. The summed E-state index contributed by atoms with van der Waals surface area (Å²) in [6.07, 6.45) is 1.74. The summed E-state index contributed by atoms with van der Waals surface area (Å²) in [6.45, 7) is 0. The van der Waals surface area contributed by atoms with Crippen LogP contribution in [0, 0.1) is 0 Å². The Morgan fingerprint density at radius 2 is 1.91 bits per heavy atom. The van der Waals surface area contributed by atoms with E-state index in [1.165, 1.54) is 11.3 Å². The SMILES string of the molecule is Nc1csc(NN=Cc2ccccc2-c2ccc(O)cc2)n1. The number of phenols is 1. The highest BCUT2D eigenvalue weighted by Crippen LogP contribution is 2.24. The maximum atomic E-state index is 9.39. The number of aromatic hydroxyl groups is 1. The van der Waals surface area contributed by atoms with Crippen molar-refractivity contribution in [1.82, 2.24) is 4.98 Å². The van der Waals surface area contributed by atoms with Crippen molar-refractivity contribution in [3.63, 3.8) is 0 Å². The maximum Gasteiger partial charge on any atom is 0.205 e. The fraction of sp³-hybridized carbons (Fsp3) is 0. The Labute approximate surface area is 131 Å². The number of thiazole rings is 1. The van der Waals surface area contributed by atoms with E-state index in [4.69, 9.17) is 5.73 Å². The Morgan fingerprint density at radius 3 is 2.64 bits per heavy atom. The molecule has 0 bridgehead atoms. The number of nitrogens with two attached hydrogens (primary N) is 1. The number of nitrogen functional groups attached to an aromatic ring is 1. The lowest BCUT2D eigenvalue weighted by Gasteiger charge is -2.06. The van der Waals surface area contributed by atoms with E-state index < -0.39 is 0 Å². The number of benzene rings is 2. The van der Waals surface area contributed by atoms with Gasteiger partial charge in [0.05, 0.1) is 6.21 Å². The maximum absolute atomic E-state index is 9.39. The van der Waals surface area contributed by atoms with E-state index >= 15 is 0 Å². The third kappa shape index (κ3) is 3.24. The number of nitrogens with zero attached hydrogens (tertiary/aromatic N) is 2. The van der Waals surface area contributed by atoms with Gasteiger partial charge in [-0.1, -0.05) is 36.4 Å². The van der Waals surface area contributed by atoms with Crippen molar-refractivity contribution >= 4 is 28.5 Å². The molecule has 5 nitrogen and oxygen atoms in total. The molecule has 0 spiro atoms. The summed E-state index contributed by atoms with van der Waals surface area (Å²) in [6, 6.07) is 15.0. The molecule has 0 saturated carbocycles. The molecule has 22 heavy (non-hydrogen) atoms. The molecule has 2 aromatic carbocycles. The Kier molecular flexibility index (Phi) is 4.02. The van der Waals surface area contributed by atoms with Gasteiger partial charge in [0.25, 0.3) is 0 Å². The molecular weight excluding hydrogens is 296 g/mol. The summed E-state index contributed by atoms with van der Waals surface area (Å²) in [4.78, 5) is 4.08.